The summed E-state index contributed by atoms with van der Waals surface area (Å²) in [6.07, 6.45) is -0.180. The van der Waals surface area contributed by atoms with Gasteiger partial charge in [-0.1, -0.05) is 80.3 Å². The van der Waals surface area contributed by atoms with E-state index in [-0.39, 0.29) is 12.0 Å². The van der Waals surface area contributed by atoms with Crippen LogP contribution >= 0.6 is 0 Å². The molecule has 124 valence electrons. The third kappa shape index (κ3) is 3.74. The normalized spacial score (nSPS) is 17.3. The van der Waals surface area contributed by atoms with Crippen molar-refractivity contribution in [3.05, 3.63) is 71.8 Å². The van der Waals surface area contributed by atoms with Crippen LogP contribution < -0.4 is 0 Å². The first kappa shape index (κ1) is 17.9. The number of aliphatic hydroxyl groups is 1. The van der Waals surface area contributed by atoms with Gasteiger partial charge >= 0.3 is 0 Å². The molecule has 0 aromatic heterocycles. The lowest BCUT2D eigenvalue weighted by atomic mass is 9.84. The lowest BCUT2D eigenvalue weighted by molar-refractivity contribution is 0.00140. The van der Waals surface area contributed by atoms with Gasteiger partial charge in [0.15, 0.2) is 0 Å². The van der Waals surface area contributed by atoms with Crippen molar-refractivity contribution in [2.45, 2.75) is 43.8 Å². The molecule has 0 aliphatic rings. The maximum Gasteiger partial charge on any atom is 0.0914 e. The monoisotopic (exact) mass is 328 g/mol. The number of benzene rings is 2. The third-order valence-electron chi connectivity index (χ3n) is 4.97. The van der Waals surface area contributed by atoms with Crippen LogP contribution in [0.15, 0.2) is 60.7 Å². The van der Waals surface area contributed by atoms with Crippen LogP contribution in [0.1, 0.15) is 30.1 Å². The Morgan fingerprint density at radius 2 is 1.30 bits per heavy atom. The molecule has 0 amide bonds. The van der Waals surface area contributed by atoms with E-state index in [1.54, 1.807) is 7.11 Å². The van der Waals surface area contributed by atoms with Crippen LogP contribution in [0.4, 0.5) is 0 Å². The summed E-state index contributed by atoms with van der Waals surface area (Å²) in [4.78, 5) is 0. The first-order valence-electron chi connectivity index (χ1n) is 8.14. The van der Waals surface area contributed by atoms with Crippen molar-refractivity contribution in [1.82, 2.24) is 0 Å². The molecule has 0 heterocycles. The van der Waals surface area contributed by atoms with Crippen LogP contribution in [0, 0.1) is 0 Å². The topological polar surface area (TPSA) is 29.5 Å². The van der Waals surface area contributed by atoms with Gasteiger partial charge in [-0.25, -0.2) is 0 Å². The summed E-state index contributed by atoms with van der Waals surface area (Å²) < 4.78 is 5.90. The summed E-state index contributed by atoms with van der Waals surface area (Å²) in [7, 11) is -0.137. The fourth-order valence-electron chi connectivity index (χ4n) is 3.03. The number of hydrogen-bond acceptors (Lipinski definition) is 2. The molecule has 0 bridgehead atoms. The highest BCUT2D eigenvalue weighted by Crippen LogP contribution is 2.45. The minimum atomic E-state index is -1.87. The van der Waals surface area contributed by atoms with Crippen LogP contribution in [0.25, 0.3) is 0 Å². The molecule has 3 heteroatoms. The Kier molecular flexibility index (Phi) is 5.45. The van der Waals surface area contributed by atoms with Crippen molar-refractivity contribution >= 4 is 8.07 Å². The van der Waals surface area contributed by atoms with Crippen molar-refractivity contribution in [3.8, 4) is 0 Å². The van der Waals surface area contributed by atoms with E-state index >= 15 is 0 Å². The van der Waals surface area contributed by atoms with Gasteiger partial charge in [-0.05, 0) is 18.1 Å². The summed E-state index contributed by atoms with van der Waals surface area (Å²) in [6.45, 7) is 8.60. The molecule has 2 nitrogen and oxygen atoms in total. The highest BCUT2D eigenvalue weighted by Gasteiger charge is 2.48. The van der Waals surface area contributed by atoms with Gasteiger partial charge in [-0.2, -0.15) is 0 Å². The zero-order valence-electron chi connectivity index (χ0n) is 14.8. The zero-order chi connectivity index (χ0) is 17.1. The Morgan fingerprint density at radius 3 is 1.70 bits per heavy atom. The first-order chi connectivity index (χ1) is 10.8. The largest absolute Gasteiger partial charge is 0.393 e. The lowest BCUT2D eigenvalue weighted by Crippen LogP contribution is -2.55. The van der Waals surface area contributed by atoms with Crippen LogP contribution in [-0.2, 0) is 4.74 Å². The van der Waals surface area contributed by atoms with Crippen molar-refractivity contribution in [2.24, 2.45) is 0 Å². The fraction of sp³-hybridized carbons (Fsp3) is 0.400. The van der Waals surface area contributed by atoms with E-state index in [9.17, 15) is 5.11 Å². The molecule has 2 aromatic carbocycles. The predicted molar refractivity (Wildman–Crippen MR) is 99.3 cm³/mol. The van der Waals surface area contributed by atoms with Crippen LogP contribution in [0.2, 0.25) is 19.6 Å². The average molecular weight is 329 g/mol. The van der Waals surface area contributed by atoms with Gasteiger partial charge in [-0.15, -0.1) is 0 Å². The fourth-order valence-corrected chi connectivity index (χ4v) is 4.28. The molecule has 0 fully saturated rings. The third-order valence-corrected chi connectivity index (χ3v) is 8.32. The Bertz CT molecular complexity index is 603. The maximum absolute atomic E-state index is 11.5. The molecule has 0 spiro atoms. The smallest absolute Gasteiger partial charge is 0.0914 e. The average Bonchev–Trinajstić information content (AvgIpc) is 2.52. The summed E-state index contributed by atoms with van der Waals surface area (Å²) in [5.74, 6) is -0.109. The predicted octanol–water partition coefficient (Wildman–Crippen LogP) is 4.79. The van der Waals surface area contributed by atoms with E-state index in [1.807, 2.05) is 43.3 Å². The molecule has 3 atom stereocenters. The Balaban J connectivity index is 2.58. The second-order valence-electron chi connectivity index (χ2n) is 7.35. The molecule has 2 aromatic rings. The second kappa shape index (κ2) is 6.99. The number of ether oxygens (including phenoxy) is 1. The molecule has 0 saturated carbocycles. The lowest BCUT2D eigenvalue weighted by Gasteiger charge is -2.45. The summed E-state index contributed by atoms with van der Waals surface area (Å²) in [5.41, 5.74) is 2.22. The molecule has 0 saturated heterocycles. The van der Waals surface area contributed by atoms with E-state index in [4.69, 9.17) is 4.74 Å². The Hall–Kier alpha value is -1.42. The maximum atomic E-state index is 11.5. The van der Waals surface area contributed by atoms with E-state index in [0.29, 0.717) is 0 Å². The van der Waals surface area contributed by atoms with Crippen molar-refractivity contribution in [2.75, 3.05) is 7.11 Å². The molecule has 2 rings (SSSR count). The first-order valence-corrected chi connectivity index (χ1v) is 11.6. The van der Waals surface area contributed by atoms with E-state index in [1.165, 1.54) is 0 Å². The van der Waals surface area contributed by atoms with E-state index in [2.05, 4.69) is 43.9 Å². The summed E-state index contributed by atoms with van der Waals surface area (Å²) >= 11 is 0. The van der Waals surface area contributed by atoms with Crippen molar-refractivity contribution < 1.29 is 9.84 Å². The molecule has 0 aliphatic carbocycles. The number of hydrogen-bond donors (Lipinski definition) is 1. The SMILES string of the molecule is CO[C@@H](c1ccccc1)[C@@H](c1ccccc1)[C@](C)(O)[Si](C)(C)C. The molecule has 1 N–H and O–H groups in total. The van der Waals surface area contributed by atoms with Crippen LogP contribution in [0.5, 0.6) is 0 Å². The van der Waals surface area contributed by atoms with Gasteiger partial charge in [0.05, 0.1) is 19.4 Å². The molecule has 0 unspecified atom stereocenters. The van der Waals surface area contributed by atoms with Gasteiger partial charge in [-0.3, -0.25) is 0 Å². The van der Waals surface area contributed by atoms with E-state index < -0.39 is 13.3 Å². The summed E-state index contributed by atoms with van der Waals surface area (Å²) in [6, 6.07) is 20.4. The Labute approximate surface area is 141 Å². The van der Waals surface area contributed by atoms with Crippen LogP contribution in [-0.4, -0.2) is 25.5 Å². The quantitative estimate of drug-likeness (QED) is 0.773. The van der Waals surface area contributed by atoms with Gasteiger partial charge < -0.3 is 9.84 Å². The molecule has 0 aliphatic heterocycles. The van der Waals surface area contributed by atoms with Crippen molar-refractivity contribution in [3.63, 3.8) is 0 Å². The highest BCUT2D eigenvalue weighted by molar-refractivity contribution is 6.79. The van der Waals surface area contributed by atoms with Crippen molar-refractivity contribution in [1.29, 1.82) is 0 Å². The molecular formula is C20H28O2Si. The molecule has 23 heavy (non-hydrogen) atoms. The summed E-state index contributed by atoms with van der Waals surface area (Å²) in [5, 5.41) is 10.7. The van der Waals surface area contributed by atoms with Crippen LogP contribution in [0.3, 0.4) is 0 Å². The second-order valence-corrected chi connectivity index (χ2v) is 12.9. The Morgan fingerprint density at radius 1 is 0.870 bits per heavy atom. The van der Waals surface area contributed by atoms with Gasteiger partial charge in [0, 0.05) is 13.0 Å². The number of rotatable bonds is 6. The molecule has 0 radical (unpaired) electrons. The minimum absolute atomic E-state index is 0.109. The number of methoxy groups -OCH3 is 1. The van der Waals surface area contributed by atoms with Gasteiger partial charge in [0.2, 0.25) is 0 Å². The zero-order valence-corrected chi connectivity index (χ0v) is 15.8. The highest BCUT2D eigenvalue weighted by atomic mass is 28.3. The van der Waals surface area contributed by atoms with E-state index in [0.717, 1.165) is 11.1 Å². The van der Waals surface area contributed by atoms with Gasteiger partial charge in [0.25, 0.3) is 0 Å². The molecular weight excluding hydrogens is 300 g/mol. The van der Waals surface area contributed by atoms with Gasteiger partial charge in [0.1, 0.15) is 0 Å². The standard InChI is InChI=1S/C20H28O2Si/c1-20(21,23(3,4)5)18(16-12-8-6-9-13-16)19(22-2)17-14-10-7-11-15-17/h6-15,18-19,21H,1-5H3/t18-,19+,20-/m1/s1. The minimum Gasteiger partial charge on any atom is -0.393 e.